The third kappa shape index (κ3) is 6.95. The number of aryl methyl sites for hydroxylation is 1. The first-order valence-corrected chi connectivity index (χ1v) is 11.5. The fourth-order valence-corrected chi connectivity index (χ4v) is 3.55. The van der Waals surface area contributed by atoms with Crippen LogP contribution < -0.4 is 10.0 Å². The van der Waals surface area contributed by atoms with E-state index in [4.69, 9.17) is 0 Å². The van der Waals surface area contributed by atoms with E-state index in [2.05, 4.69) is 10.0 Å². The van der Waals surface area contributed by atoms with Gasteiger partial charge in [-0.1, -0.05) is 37.6 Å². The molecule has 0 radical (unpaired) electrons. The van der Waals surface area contributed by atoms with Gasteiger partial charge in [0.1, 0.15) is 12.5 Å². The molecule has 0 fully saturated rings. The van der Waals surface area contributed by atoms with Gasteiger partial charge in [-0.2, -0.15) is 0 Å². The van der Waals surface area contributed by atoms with E-state index in [1.54, 1.807) is 37.3 Å². The zero-order valence-corrected chi connectivity index (χ0v) is 18.0. The van der Waals surface area contributed by atoms with Gasteiger partial charge in [0.25, 0.3) is 0 Å². The summed E-state index contributed by atoms with van der Waals surface area (Å²) in [6.45, 7) is 3.19. The van der Waals surface area contributed by atoms with E-state index in [9.17, 15) is 22.0 Å². The predicted octanol–water partition coefficient (Wildman–Crippen LogP) is 4.51. The number of rotatable bonds is 9. The van der Waals surface area contributed by atoms with Crippen molar-refractivity contribution in [2.45, 2.75) is 39.4 Å². The lowest BCUT2D eigenvalue weighted by atomic mass is 10.00. The maximum absolute atomic E-state index is 14.1. The van der Waals surface area contributed by atoms with Crippen molar-refractivity contribution in [3.05, 3.63) is 70.5 Å². The van der Waals surface area contributed by atoms with Crippen LogP contribution in [-0.4, -0.2) is 20.6 Å². The van der Waals surface area contributed by atoms with Crippen molar-refractivity contribution in [3.63, 3.8) is 0 Å². The van der Waals surface area contributed by atoms with Gasteiger partial charge in [-0.05, 0) is 53.8 Å². The van der Waals surface area contributed by atoms with Gasteiger partial charge >= 0.3 is 0 Å². The number of anilines is 1. The highest BCUT2D eigenvalue weighted by Crippen LogP contribution is 2.21. The van der Waals surface area contributed by atoms with Crippen LogP contribution in [-0.2, 0) is 27.9 Å². The number of alkyl halides is 1. The van der Waals surface area contributed by atoms with Crippen LogP contribution in [0.15, 0.2) is 42.5 Å². The van der Waals surface area contributed by atoms with Crippen LogP contribution >= 0.6 is 0 Å². The van der Waals surface area contributed by atoms with E-state index >= 15 is 0 Å². The second-order valence-electron chi connectivity index (χ2n) is 7.09. The summed E-state index contributed by atoms with van der Waals surface area (Å²) >= 11 is 0. The topological polar surface area (TPSA) is 75.3 Å². The van der Waals surface area contributed by atoms with Crippen LogP contribution in [0.25, 0.3) is 6.08 Å². The molecule has 2 aromatic rings. The molecule has 0 aliphatic heterocycles. The molecule has 0 aromatic heterocycles. The van der Waals surface area contributed by atoms with Crippen molar-refractivity contribution in [3.8, 4) is 0 Å². The van der Waals surface area contributed by atoms with E-state index in [1.165, 1.54) is 18.2 Å². The molecule has 0 saturated heterocycles. The maximum atomic E-state index is 14.1. The molecule has 2 N–H and O–H groups in total. The third-order valence-corrected chi connectivity index (χ3v) is 5.03. The molecule has 30 heavy (non-hydrogen) atoms. The highest BCUT2D eigenvalue weighted by atomic mass is 32.2. The van der Waals surface area contributed by atoms with Crippen molar-refractivity contribution in [1.29, 1.82) is 0 Å². The lowest BCUT2D eigenvalue weighted by molar-refractivity contribution is -0.117. The minimum absolute atomic E-state index is 0.153. The Labute approximate surface area is 176 Å². The fourth-order valence-electron chi connectivity index (χ4n) is 2.98. The van der Waals surface area contributed by atoms with Gasteiger partial charge in [-0.3, -0.25) is 9.52 Å². The SMILES string of the molecule is CCCc1cc(CF)ccc1/C=C/C(=O)N[C@H](C)c1ccc(NS(C)(=O)=O)c(F)c1. The molecule has 5 nitrogen and oxygen atoms in total. The van der Waals surface area contributed by atoms with Crippen LogP contribution in [0, 0.1) is 5.82 Å². The summed E-state index contributed by atoms with van der Waals surface area (Å²) in [5, 5.41) is 2.74. The lowest BCUT2D eigenvalue weighted by Crippen LogP contribution is -2.24. The Hall–Kier alpha value is -2.74. The van der Waals surface area contributed by atoms with E-state index < -0.39 is 28.6 Å². The summed E-state index contributed by atoms with van der Waals surface area (Å²) in [5.74, 6) is -1.09. The van der Waals surface area contributed by atoms with Gasteiger partial charge in [0, 0.05) is 6.08 Å². The monoisotopic (exact) mass is 436 g/mol. The molecule has 0 heterocycles. The molecule has 8 heteroatoms. The number of sulfonamides is 1. The van der Waals surface area contributed by atoms with Crippen LogP contribution in [0.4, 0.5) is 14.5 Å². The van der Waals surface area contributed by atoms with E-state index in [1.807, 2.05) is 6.92 Å². The second kappa shape index (κ2) is 10.3. The van der Waals surface area contributed by atoms with Crippen molar-refractivity contribution in [2.75, 3.05) is 11.0 Å². The van der Waals surface area contributed by atoms with Crippen LogP contribution in [0.3, 0.4) is 0 Å². The number of carbonyl (C=O) groups excluding carboxylic acids is 1. The fraction of sp³-hybridized carbons (Fsp3) is 0.318. The number of benzene rings is 2. The first kappa shape index (κ1) is 23.5. The van der Waals surface area contributed by atoms with Gasteiger partial charge in [-0.25, -0.2) is 17.2 Å². The summed E-state index contributed by atoms with van der Waals surface area (Å²) in [6.07, 6.45) is 5.67. The van der Waals surface area contributed by atoms with Crippen molar-refractivity contribution in [1.82, 2.24) is 5.32 Å². The average molecular weight is 437 g/mol. The Morgan fingerprint density at radius 1 is 1.20 bits per heavy atom. The Kier molecular flexibility index (Phi) is 8.11. The summed E-state index contributed by atoms with van der Waals surface area (Å²) in [5.41, 5.74) is 2.76. The van der Waals surface area contributed by atoms with Gasteiger partial charge in [0.15, 0.2) is 0 Å². The molecular weight excluding hydrogens is 410 g/mol. The average Bonchev–Trinajstić information content (AvgIpc) is 2.67. The Morgan fingerprint density at radius 2 is 1.93 bits per heavy atom. The Balaban J connectivity index is 2.08. The lowest BCUT2D eigenvalue weighted by Gasteiger charge is -2.14. The van der Waals surface area contributed by atoms with E-state index in [-0.39, 0.29) is 11.6 Å². The molecule has 1 amide bonds. The molecule has 0 aliphatic carbocycles. The largest absolute Gasteiger partial charge is 0.346 e. The van der Waals surface area contributed by atoms with Crippen molar-refractivity contribution in [2.24, 2.45) is 0 Å². The normalized spacial score (nSPS) is 12.7. The summed E-state index contributed by atoms with van der Waals surface area (Å²) in [7, 11) is -3.59. The highest BCUT2D eigenvalue weighted by Gasteiger charge is 2.13. The predicted molar refractivity (Wildman–Crippen MR) is 116 cm³/mol. The number of nitrogens with one attached hydrogen (secondary N) is 2. The molecule has 0 bridgehead atoms. The Bertz CT molecular complexity index is 1040. The third-order valence-electron chi connectivity index (χ3n) is 4.44. The molecule has 0 aliphatic rings. The van der Waals surface area contributed by atoms with Crippen molar-refractivity contribution < 1.29 is 22.0 Å². The molecular formula is C22H26F2N2O3S. The van der Waals surface area contributed by atoms with Crippen LogP contribution in [0.2, 0.25) is 0 Å². The van der Waals surface area contributed by atoms with Gasteiger partial charge in [-0.15, -0.1) is 0 Å². The molecule has 0 saturated carbocycles. The quantitative estimate of drug-likeness (QED) is 0.568. The summed E-state index contributed by atoms with van der Waals surface area (Å²) < 4.78 is 51.6. The van der Waals surface area contributed by atoms with Gasteiger partial charge in [0.05, 0.1) is 18.0 Å². The molecule has 0 unspecified atom stereocenters. The number of hydrogen-bond donors (Lipinski definition) is 2. The Morgan fingerprint density at radius 3 is 2.53 bits per heavy atom. The van der Waals surface area contributed by atoms with E-state index in [0.29, 0.717) is 11.1 Å². The van der Waals surface area contributed by atoms with Crippen LogP contribution in [0.5, 0.6) is 0 Å². The minimum atomic E-state index is -3.59. The van der Waals surface area contributed by atoms with Gasteiger partial charge < -0.3 is 5.32 Å². The maximum Gasteiger partial charge on any atom is 0.244 e. The number of halogens is 2. The van der Waals surface area contributed by atoms with Crippen molar-refractivity contribution >= 4 is 27.7 Å². The number of hydrogen-bond acceptors (Lipinski definition) is 3. The molecule has 0 spiro atoms. The zero-order chi connectivity index (χ0) is 22.3. The first-order chi connectivity index (χ1) is 14.1. The first-order valence-electron chi connectivity index (χ1n) is 9.56. The summed E-state index contributed by atoms with van der Waals surface area (Å²) in [6, 6.07) is 8.82. The summed E-state index contributed by atoms with van der Waals surface area (Å²) in [4.78, 5) is 12.3. The second-order valence-corrected chi connectivity index (χ2v) is 8.84. The molecule has 2 rings (SSSR count). The van der Waals surface area contributed by atoms with Crippen LogP contribution in [0.1, 0.15) is 48.6 Å². The zero-order valence-electron chi connectivity index (χ0n) is 17.2. The van der Waals surface area contributed by atoms with E-state index in [0.717, 1.165) is 30.2 Å². The molecule has 2 aromatic carbocycles. The minimum Gasteiger partial charge on any atom is -0.346 e. The molecule has 1 atom stereocenters. The highest BCUT2D eigenvalue weighted by molar-refractivity contribution is 7.92. The standard InChI is InChI=1S/C22H26F2N2O3S/c1-4-5-19-12-16(14-23)6-7-17(19)9-11-22(27)25-15(2)18-8-10-21(20(24)13-18)26-30(3,28)29/h6-13,15,26H,4-5,14H2,1-3H3,(H,25,27)/b11-9+/t15-/m1/s1. The van der Waals surface area contributed by atoms with Gasteiger partial charge in [0.2, 0.25) is 15.9 Å². The smallest absolute Gasteiger partial charge is 0.244 e. The number of carbonyl (C=O) groups is 1. The number of amides is 1. The molecule has 162 valence electrons.